The van der Waals surface area contributed by atoms with Crippen molar-refractivity contribution in [1.82, 2.24) is 9.80 Å². The molecule has 164 valence electrons. The third kappa shape index (κ3) is 5.03. The Morgan fingerprint density at radius 2 is 1.81 bits per heavy atom. The zero-order chi connectivity index (χ0) is 21.6. The minimum absolute atomic E-state index is 0.227. The van der Waals surface area contributed by atoms with Crippen LogP contribution in [0.5, 0.6) is 5.75 Å². The van der Waals surface area contributed by atoms with Gasteiger partial charge in [0.05, 0.1) is 42.8 Å². The molecule has 31 heavy (non-hydrogen) atoms. The van der Waals surface area contributed by atoms with Crippen LogP contribution >= 0.6 is 11.8 Å². The molecular weight excluding hydrogens is 416 g/mol. The average Bonchev–Trinajstić information content (AvgIpc) is 3.40. The van der Waals surface area contributed by atoms with Crippen molar-refractivity contribution in [3.05, 3.63) is 58.9 Å². The predicted molar refractivity (Wildman–Crippen MR) is 119 cm³/mol. The van der Waals surface area contributed by atoms with E-state index in [0.717, 1.165) is 50.6 Å². The molecule has 1 aromatic carbocycles. The normalized spacial score (nSPS) is 17.6. The molecule has 8 heteroatoms. The van der Waals surface area contributed by atoms with Crippen LogP contribution in [0.25, 0.3) is 5.57 Å². The lowest BCUT2D eigenvalue weighted by atomic mass is 10.1. The van der Waals surface area contributed by atoms with Crippen molar-refractivity contribution in [1.29, 1.82) is 0 Å². The Morgan fingerprint density at radius 1 is 1.03 bits per heavy atom. The van der Waals surface area contributed by atoms with Gasteiger partial charge < -0.3 is 13.9 Å². The molecule has 3 heterocycles. The highest BCUT2D eigenvalue weighted by Gasteiger charge is 2.39. The Morgan fingerprint density at radius 3 is 2.48 bits per heavy atom. The van der Waals surface area contributed by atoms with Gasteiger partial charge in [0.15, 0.2) is 0 Å². The number of ether oxygens (including phenoxy) is 2. The summed E-state index contributed by atoms with van der Waals surface area (Å²) < 4.78 is 16.0. The number of benzene rings is 1. The molecule has 0 aliphatic carbocycles. The van der Waals surface area contributed by atoms with Crippen LogP contribution in [0, 0.1) is 0 Å². The molecule has 2 amide bonds. The van der Waals surface area contributed by atoms with Gasteiger partial charge in [-0.05, 0) is 36.2 Å². The van der Waals surface area contributed by atoms with Crippen molar-refractivity contribution in [2.45, 2.75) is 12.2 Å². The van der Waals surface area contributed by atoms with Gasteiger partial charge in [-0.2, -0.15) is 0 Å². The van der Waals surface area contributed by atoms with Crippen LogP contribution in [0.1, 0.15) is 17.7 Å². The molecule has 0 N–H and O–H groups in total. The summed E-state index contributed by atoms with van der Waals surface area (Å²) in [5, 5.41) is 0. The molecule has 2 aliphatic rings. The van der Waals surface area contributed by atoms with Crippen LogP contribution in [0.2, 0.25) is 0 Å². The number of rotatable bonds is 9. The van der Waals surface area contributed by atoms with E-state index in [2.05, 4.69) is 4.90 Å². The van der Waals surface area contributed by atoms with E-state index in [-0.39, 0.29) is 11.8 Å². The van der Waals surface area contributed by atoms with Crippen molar-refractivity contribution in [2.75, 3.05) is 46.5 Å². The topological polar surface area (TPSA) is 72.2 Å². The molecule has 0 saturated carbocycles. The standard InChI is InChI=1S/C23H26N2O5S/c1-28-18-7-5-17(6-8-18)20-21(31-16-19-4-2-13-30-19)23(27)25(22(20)26)10-3-9-24-11-14-29-15-12-24/h2,4-8,13H,3,9-12,14-16H2,1H3. The quantitative estimate of drug-likeness (QED) is 0.553. The van der Waals surface area contributed by atoms with Crippen LogP contribution in [0.3, 0.4) is 0 Å². The maximum absolute atomic E-state index is 13.3. The van der Waals surface area contributed by atoms with Gasteiger partial charge in [0.1, 0.15) is 11.5 Å². The third-order valence-electron chi connectivity index (χ3n) is 5.40. The monoisotopic (exact) mass is 442 g/mol. The first-order chi connectivity index (χ1) is 15.2. The van der Waals surface area contributed by atoms with Crippen molar-refractivity contribution in [3.63, 3.8) is 0 Å². The van der Waals surface area contributed by atoms with Crippen LogP contribution in [0.15, 0.2) is 52.0 Å². The summed E-state index contributed by atoms with van der Waals surface area (Å²) in [6, 6.07) is 10.9. The Kier molecular flexibility index (Phi) is 7.11. The minimum Gasteiger partial charge on any atom is -0.497 e. The molecule has 2 aromatic rings. The first kappa shape index (κ1) is 21.7. The number of morpholine rings is 1. The molecule has 7 nitrogen and oxygen atoms in total. The Balaban J connectivity index is 1.50. The summed E-state index contributed by atoms with van der Waals surface area (Å²) in [5.74, 6) is 1.49. The summed E-state index contributed by atoms with van der Waals surface area (Å²) in [7, 11) is 1.60. The number of carbonyl (C=O) groups is 2. The fraction of sp³-hybridized carbons (Fsp3) is 0.391. The summed E-state index contributed by atoms with van der Waals surface area (Å²) in [6.45, 7) is 4.49. The van der Waals surface area contributed by atoms with Crippen molar-refractivity contribution < 1.29 is 23.5 Å². The molecule has 0 bridgehead atoms. The second-order valence-electron chi connectivity index (χ2n) is 7.37. The van der Waals surface area contributed by atoms with E-state index in [4.69, 9.17) is 13.9 Å². The summed E-state index contributed by atoms with van der Waals surface area (Å²) in [6.07, 6.45) is 2.34. The largest absolute Gasteiger partial charge is 0.497 e. The highest BCUT2D eigenvalue weighted by Crippen LogP contribution is 2.38. The first-order valence-corrected chi connectivity index (χ1v) is 11.4. The van der Waals surface area contributed by atoms with E-state index in [1.807, 2.05) is 24.3 Å². The number of carbonyl (C=O) groups excluding carboxylic acids is 2. The second-order valence-corrected chi connectivity index (χ2v) is 8.36. The van der Waals surface area contributed by atoms with Crippen LogP contribution in [-0.4, -0.2) is 68.1 Å². The molecule has 2 aliphatic heterocycles. The highest BCUT2D eigenvalue weighted by atomic mass is 32.2. The molecule has 0 radical (unpaired) electrons. The lowest BCUT2D eigenvalue weighted by Gasteiger charge is -2.27. The lowest BCUT2D eigenvalue weighted by molar-refractivity contribution is -0.136. The van der Waals surface area contributed by atoms with E-state index in [0.29, 0.717) is 28.5 Å². The Hall–Kier alpha value is -2.55. The van der Waals surface area contributed by atoms with Gasteiger partial charge in [0, 0.05) is 26.2 Å². The number of hydrogen-bond acceptors (Lipinski definition) is 7. The smallest absolute Gasteiger partial charge is 0.267 e. The average molecular weight is 443 g/mol. The Bertz CT molecular complexity index is 933. The first-order valence-electron chi connectivity index (χ1n) is 10.4. The zero-order valence-electron chi connectivity index (χ0n) is 17.5. The number of thioether (sulfide) groups is 1. The van der Waals surface area contributed by atoms with Gasteiger partial charge in [0.25, 0.3) is 11.8 Å². The maximum atomic E-state index is 13.3. The van der Waals surface area contributed by atoms with Crippen LogP contribution in [-0.2, 0) is 20.1 Å². The molecule has 0 unspecified atom stereocenters. The van der Waals surface area contributed by atoms with Crippen molar-refractivity contribution in [3.8, 4) is 5.75 Å². The van der Waals surface area contributed by atoms with Gasteiger partial charge in [-0.1, -0.05) is 12.1 Å². The SMILES string of the molecule is COc1ccc(C2=C(SCc3ccco3)C(=O)N(CCCN3CCOCC3)C2=O)cc1. The van der Waals surface area contributed by atoms with E-state index in [9.17, 15) is 9.59 Å². The van der Waals surface area contributed by atoms with Crippen molar-refractivity contribution in [2.24, 2.45) is 0 Å². The number of hydrogen-bond donors (Lipinski definition) is 0. The molecule has 1 aromatic heterocycles. The number of furan rings is 1. The number of methoxy groups -OCH3 is 1. The van der Waals surface area contributed by atoms with Gasteiger partial charge in [-0.25, -0.2) is 0 Å². The van der Waals surface area contributed by atoms with E-state index >= 15 is 0 Å². The second kappa shape index (κ2) is 10.2. The highest BCUT2D eigenvalue weighted by molar-refractivity contribution is 8.03. The minimum atomic E-state index is -0.237. The fourth-order valence-corrected chi connectivity index (χ4v) is 4.75. The van der Waals surface area contributed by atoms with Gasteiger partial charge in [0.2, 0.25) is 0 Å². The molecule has 4 rings (SSSR count). The maximum Gasteiger partial charge on any atom is 0.267 e. The van der Waals surface area contributed by atoms with E-state index in [1.165, 1.54) is 16.7 Å². The van der Waals surface area contributed by atoms with Crippen molar-refractivity contribution >= 4 is 29.1 Å². The molecule has 0 atom stereocenters. The number of amides is 2. The molecular formula is C23H26N2O5S. The van der Waals surface area contributed by atoms with Gasteiger partial charge in [-0.15, -0.1) is 11.8 Å². The molecule has 1 fully saturated rings. The van der Waals surface area contributed by atoms with Gasteiger partial charge in [-0.3, -0.25) is 19.4 Å². The summed E-state index contributed by atoms with van der Waals surface area (Å²) in [4.78, 5) is 30.6. The number of nitrogens with zero attached hydrogens (tertiary/aromatic N) is 2. The van der Waals surface area contributed by atoms with Crippen LogP contribution < -0.4 is 4.74 Å². The predicted octanol–water partition coefficient (Wildman–Crippen LogP) is 3.02. The fourth-order valence-electron chi connectivity index (χ4n) is 3.72. The number of imide groups is 1. The summed E-state index contributed by atoms with van der Waals surface area (Å²) >= 11 is 1.35. The molecule has 1 saturated heterocycles. The molecule has 0 spiro atoms. The van der Waals surface area contributed by atoms with E-state index < -0.39 is 0 Å². The van der Waals surface area contributed by atoms with Gasteiger partial charge >= 0.3 is 0 Å². The third-order valence-corrected chi connectivity index (χ3v) is 6.50. The summed E-state index contributed by atoms with van der Waals surface area (Å²) in [5.41, 5.74) is 1.17. The van der Waals surface area contributed by atoms with Crippen LogP contribution in [0.4, 0.5) is 0 Å². The Labute approximate surface area is 186 Å². The lowest BCUT2D eigenvalue weighted by Crippen LogP contribution is -2.39. The van der Waals surface area contributed by atoms with E-state index in [1.54, 1.807) is 25.5 Å². The zero-order valence-corrected chi connectivity index (χ0v) is 18.4.